The first-order valence-electron chi connectivity index (χ1n) is 6.70. The van der Waals surface area contributed by atoms with Crippen LogP contribution in [-0.4, -0.2) is 22.0 Å². The number of carbonyl (C=O) groups is 1. The Balaban J connectivity index is 1.82. The van der Waals surface area contributed by atoms with Crippen LogP contribution < -0.4 is 4.90 Å². The van der Waals surface area contributed by atoms with E-state index in [0.29, 0.717) is 13.0 Å². The average molecular weight is 381 g/mol. The van der Waals surface area contributed by atoms with E-state index in [9.17, 15) is 4.79 Å². The summed E-state index contributed by atoms with van der Waals surface area (Å²) >= 11 is 2.32. The minimum absolute atomic E-state index is 0.216. The predicted octanol–water partition coefficient (Wildman–Crippen LogP) is 2.55. The van der Waals surface area contributed by atoms with Crippen LogP contribution >= 0.6 is 22.6 Å². The van der Waals surface area contributed by atoms with Crippen molar-refractivity contribution in [2.45, 2.75) is 19.3 Å². The van der Waals surface area contributed by atoms with Crippen LogP contribution in [0.5, 0.6) is 0 Å². The molecule has 1 aromatic heterocycles. The van der Waals surface area contributed by atoms with Crippen LogP contribution in [0.2, 0.25) is 0 Å². The molecule has 1 aromatic carbocycles. The lowest BCUT2D eigenvalue weighted by molar-refractivity contribution is -0.118. The molecule has 0 fully saturated rings. The molecule has 1 aliphatic rings. The van der Waals surface area contributed by atoms with Gasteiger partial charge in [-0.3, -0.25) is 4.79 Å². The van der Waals surface area contributed by atoms with Gasteiger partial charge in [-0.05, 0) is 52.8 Å². The molecular formula is C15H16IN3O. The van der Waals surface area contributed by atoms with Gasteiger partial charge in [0.15, 0.2) is 0 Å². The minimum atomic E-state index is 0.216. The van der Waals surface area contributed by atoms with Crippen molar-refractivity contribution in [2.24, 2.45) is 7.05 Å². The largest absolute Gasteiger partial charge is 0.338 e. The van der Waals surface area contributed by atoms with E-state index in [1.54, 1.807) is 6.20 Å². The second-order valence-corrected chi connectivity index (χ2v) is 6.27. The van der Waals surface area contributed by atoms with Gasteiger partial charge in [-0.2, -0.15) is 0 Å². The fourth-order valence-electron chi connectivity index (χ4n) is 2.62. The molecule has 0 spiro atoms. The molecule has 104 valence electrons. The maximum atomic E-state index is 12.2. The van der Waals surface area contributed by atoms with E-state index in [-0.39, 0.29) is 5.91 Å². The van der Waals surface area contributed by atoms with Gasteiger partial charge in [-0.15, -0.1) is 0 Å². The van der Waals surface area contributed by atoms with E-state index in [2.05, 4.69) is 45.8 Å². The number of hydrogen-bond acceptors (Lipinski definition) is 2. The summed E-state index contributed by atoms with van der Waals surface area (Å²) in [6.07, 6.45) is 5.96. The van der Waals surface area contributed by atoms with Crippen LogP contribution in [0.15, 0.2) is 30.6 Å². The molecule has 4 nitrogen and oxygen atoms in total. The van der Waals surface area contributed by atoms with Crippen LogP contribution in [0.3, 0.4) is 0 Å². The maximum absolute atomic E-state index is 12.2. The number of anilines is 1. The van der Waals surface area contributed by atoms with Crippen molar-refractivity contribution in [3.05, 3.63) is 45.6 Å². The second kappa shape index (κ2) is 5.55. The van der Waals surface area contributed by atoms with Crippen molar-refractivity contribution >= 4 is 34.2 Å². The summed E-state index contributed by atoms with van der Waals surface area (Å²) in [5, 5.41) is 0. The molecule has 20 heavy (non-hydrogen) atoms. The summed E-state index contributed by atoms with van der Waals surface area (Å²) in [6, 6.07) is 6.30. The van der Waals surface area contributed by atoms with Gasteiger partial charge in [0.1, 0.15) is 5.82 Å². The lowest BCUT2D eigenvalue weighted by Gasteiger charge is -2.29. The number of benzene rings is 1. The number of hydrogen-bond donors (Lipinski definition) is 0. The Labute approximate surface area is 131 Å². The Morgan fingerprint density at radius 3 is 2.95 bits per heavy atom. The molecule has 0 atom stereocenters. The number of nitrogens with zero attached hydrogens (tertiary/aromatic N) is 3. The summed E-state index contributed by atoms with van der Waals surface area (Å²) < 4.78 is 3.23. The van der Waals surface area contributed by atoms with E-state index in [0.717, 1.165) is 24.4 Å². The lowest BCUT2D eigenvalue weighted by atomic mass is 10.0. The fourth-order valence-corrected chi connectivity index (χ4v) is 3.18. The van der Waals surface area contributed by atoms with Crippen LogP contribution in [0.4, 0.5) is 5.69 Å². The molecule has 0 saturated heterocycles. The fraction of sp³-hybridized carbons (Fsp3) is 0.333. The van der Waals surface area contributed by atoms with Gasteiger partial charge in [0.2, 0.25) is 5.91 Å². The third-order valence-corrected chi connectivity index (χ3v) is 4.39. The van der Waals surface area contributed by atoms with Crippen molar-refractivity contribution in [1.82, 2.24) is 9.55 Å². The topological polar surface area (TPSA) is 38.1 Å². The molecule has 2 aromatic rings. The van der Waals surface area contributed by atoms with E-state index in [1.807, 2.05) is 22.7 Å². The summed E-state index contributed by atoms with van der Waals surface area (Å²) in [6.45, 7) is 0.692. The number of rotatable bonds is 3. The summed E-state index contributed by atoms with van der Waals surface area (Å²) in [4.78, 5) is 18.4. The molecule has 0 unspecified atom stereocenters. The maximum Gasteiger partial charge on any atom is 0.227 e. The van der Waals surface area contributed by atoms with Gasteiger partial charge in [0.05, 0.1) is 0 Å². The van der Waals surface area contributed by atoms with Gasteiger partial charge < -0.3 is 9.47 Å². The highest BCUT2D eigenvalue weighted by Gasteiger charge is 2.24. The normalized spacial score (nSPS) is 14.5. The van der Waals surface area contributed by atoms with Gasteiger partial charge in [0, 0.05) is 48.1 Å². The molecule has 5 heteroatoms. The number of aryl methyl sites for hydroxylation is 2. The number of fused-ring (bicyclic) bond motifs is 1. The molecule has 0 N–H and O–H groups in total. The zero-order chi connectivity index (χ0) is 14.1. The lowest BCUT2D eigenvalue weighted by Crippen LogP contribution is -2.37. The monoisotopic (exact) mass is 381 g/mol. The third kappa shape index (κ3) is 2.59. The first kappa shape index (κ1) is 13.6. The van der Waals surface area contributed by atoms with E-state index < -0.39 is 0 Å². The Morgan fingerprint density at radius 1 is 1.35 bits per heavy atom. The smallest absolute Gasteiger partial charge is 0.227 e. The summed E-state index contributed by atoms with van der Waals surface area (Å²) in [7, 11) is 1.98. The third-order valence-electron chi connectivity index (χ3n) is 3.72. The number of aromatic nitrogens is 2. The quantitative estimate of drug-likeness (QED) is 0.767. The Bertz CT molecular complexity index is 650. The molecule has 1 amide bonds. The standard InChI is InChI=1S/C15H16IN3O/c1-18-9-7-17-14(18)6-8-19-13-4-3-12(16)10-11(13)2-5-15(19)20/h3-4,7,9-10H,2,5-6,8H2,1H3. The van der Waals surface area contributed by atoms with Crippen molar-refractivity contribution in [3.8, 4) is 0 Å². The summed E-state index contributed by atoms with van der Waals surface area (Å²) in [5.41, 5.74) is 2.34. The molecule has 0 bridgehead atoms. The van der Waals surface area contributed by atoms with Crippen molar-refractivity contribution < 1.29 is 4.79 Å². The van der Waals surface area contributed by atoms with Gasteiger partial charge in [0.25, 0.3) is 0 Å². The van der Waals surface area contributed by atoms with Crippen molar-refractivity contribution in [1.29, 1.82) is 0 Å². The first-order chi connectivity index (χ1) is 9.65. The molecular weight excluding hydrogens is 365 g/mol. The zero-order valence-electron chi connectivity index (χ0n) is 11.3. The second-order valence-electron chi connectivity index (χ2n) is 5.02. The molecule has 2 heterocycles. The number of carbonyl (C=O) groups excluding carboxylic acids is 1. The predicted molar refractivity (Wildman–Crippen MR) is 86.7 cm³/mol. The zero-order valence-corrected chi connectivity index (χ0v) is 13.5. The van der Waals surface area contributed by atoms with E-state index in [1.165, 1.54) is 9.13 Å². The minimum Gasteiger partial charge on any atom is -0.338 e. The Kier molecular flexibility index (Phi) is 3.78. The Morgan fingerprint density at radius 2 is 2.20 bits per heavy atom. The number of halogens is 1. The van der Waals surface area contributed by atoms with Gasteiger partial charge in [-0.1, -0.05) is 0 Å². The van der Waals surface area contributed by atoms with Gasteiger partial charge in [-0.25, -0.2) is 4.98 Å². The highest BCUT2D eigenvalue weighted by Crippen LogP contribution is 2.29. The number of amides is 1. The highest BCUT2D eigenvalue weighted by atomic mass is 127. The molecule has 0 aliphatic carbocycles. The molecule has 1 aliphatic heterocycles. The van der Waals surface area contributed by atoms with Crippen LogP contribution in [-0.2, 0) is 24.7 Å². The SMILES string of the molecule is Cn1ccnc1CCN1C(=O)CCc2cc(I)ccc21. The molecule has 0 saturated carbocycles. The van der Waals surface area contributed by atoms with Crippen LogP contribution in [0.1, 0.15) is 17.8 Å². The Hall–Kier alpha value is -1.37. The van der Waals surface area contributed by atoms with Crippen molar-refractivity contribution in [2.75, 3.05) is 11.4 Å². The van der Waals surface area contributed by atoms with E-state index >= 15 is 0 Å². The van der Waals surface area contributed by atoms with Crippen LogP contribution in [0.25, 0.3) is 0 Å². The van der Waals surface area contributed by atoms with E-state index in [4.69, 9.17) is 0 Å². The summed E-state index contributed by atoms with van der Waals surface area (Å²) in [5.74, 6) is 1.23. The number of imidazole rings is 1. The van der Waals surface area contributed by atoms with Crippen LogP contribution in [0, 0.1) is 3.57 Å². The first-order valence-corrected chi connectivity index (χ1v) is 7.78. The molecule has 0 radical (unpaired) electrons. The molecule has 3 rings (SSSR count). The highest BCUT2D eigenvalue weighted by molar-refractivity contribution is 14.1. The van der Waals surface area contributed by atoms with Crippen molar-refractivity contribution in [3.63, 3.8) is 0 Å². The average Bonchev–Trinajstić information content (AvgIpc) is 2.83. The van der Waals surface area contributed by atoms with Gasteiger partial charge >= 0.3 is 0 Å².